The minimum Gasteiger partial charge on any atom is -0.484 e. The molecule has 1 unspecified atom stereocenters. The van der Waals surface area contributed by atoms with Gasteiger partial charge in [0.1, 0.15) is 17.3 Å². The quantitative estimate of drug-likeness (QED) is 0.732. The number of ether oxygens (including phenoxy) is 1. The molecule has 1 aliphatic heterocycles. The molecule has 1 fully saturated rings. The number of hydrogen-bond donors (Lipinski definition) is 1. The number of nitrogens with one attached hydrogen (secondary N) is 1. The Kier molecular flexibility index (Phi) is 8.48. The first-order valence-electron chi connectivity index (χ1n) is 9.07. The summed E-state index contributed by atoms with van der Waals surface area (Å²) in [7, 11) is 0. The van der Waals surface area contributed by atoms with Crippen LogP contribution in [0.1, 0.15) is 36.8 Å². The van der Waals surface area contributed by atoms with Gasteiger partial charge in [0.15, 0.2) is 6.61 Å². The molecule has 7 heteroatoms. The molecule has 5 nitrogen and oxygen atoms in total. The van der Waals surface area contributed by atoms with Crippen LogP contribution in [-0.2, 0) is 4.79 Å². The fourth-order valence-corrected chi connectivity index (χ4v) is 3.34. The van der Waals surface area contributed by atoms with Crippen molar-refractivity contribution in [1.29, 1.82) is 0 Å². The average molecular weight is 413 g/mol. The van der Waals surface area contributed by atoms with Crippen molar-refractivity contribution < 1.29 is 13.9 Å². The van der Waals surface area contributed by atoms with Crippen LogP contribution in [0.4, 0.5) is 0 Å². The first kappa shape index (κ1) is 21.6. The van der Waals surface area contributed by atoms with Crippen molar-refractivity contribution in [3.8, 4) is 5.75 Å². The number of benzene rings is 1. The van der Waals surface area contributed by atoms with Crippen molar-refractivity contribution in [1.82, 2.24) is 10.2 Å². The van der Waals surface area contributed by atoms with E-state index in [4.69, 9.17) is 20.8 Å². The van der Waals surface area contributed by atoms with Crippen molar-refractivity contribution in [3.05, 3.63) is 52.9 Å². The van der Waals surface area contributed by atoms with E-state index >= 15 is 0 Å². The second-order valence-corrected chi connectivity index (χ2v) is 7.04. The summed E-state index contributed by atoms with van der Waals surface area (Å²) in [4.78, 5) is 14.6. The van der Waals surface area contributed by atoms with Gasteiger partial charge in [-0.05, 0) is 69.3 Å². The Balaban J connectivity index is 0.00000261. The van der Waals surface area contributed by atoms with Crippen LogP contribution < -0.4 is 10.1 Å². The lowest BCUT2D eigenvalue weighted by atomic mass is 10.1. The molecule has 3 rings (SSSR count). The van der Waals surface area contributed by atoms with Gasteiger partial charge in [-0.15, -0.1) is 12.4 Å². The van der Waals surface area contributed by atoms with E-state index in [2.05, 4.69) is 10.2 Å². The SMILES string of the molecule is Cc1ccc(C(CNC(=O)COc2ccc(Cl)cc2)N2CCCCC2)o1.Cl. The molecule has 27 heavy (non-hydrogen) atoms. The predicted octanol–water partition coefficient (Wildman–Crippen LogP) is 4.39. The van der Waals surface area contributed by atoms with Gasteiger partial charge in [0.05, 0.1) is 6.04 Å². The van der Waals surface area contributed by atoms with E-state index in [1.54, 1.807) is 24.3 Å². The van der Waals surface area contributed by atoms with Gasteiger partial charge < -0.3 is 14.5 Å². The van der Waals surface area contributed by atoms with E-state index in [-0.39, 0.29) is 31.0 Å². The molecule has 1 amide bonds. The Morgan fingerprint density at radius 1 is 1.19 bits per heavy atom. The van der Waals surface area contributed by atoms with E-state index < -0.39 is 0 Å². The number of furan rings is 1. The van der Waals surface area contributed by atoms with Crippen LogP contribution in [0.15, 0.2) is 40.8 Å². The number of halogens is 2. The van der Waals surface area contributed by atoms with Gasteiger partial charge >= 0.3 is 0 Å². The van der Waals surface area contributed by atoms with E-state index in [1.165, 1.54) is 19.3 Å². The molecule has 1 saturated heterocycles. The zero-order chi connectivity index (χ0) is 18.4. The van der Waals surface area contributed by atoms with Gasteiger partial charge in [0, 0.05) is 11.6 Å². The van der Waals surface area contributed by atoms with Gasteiger partial charge in [-0.1, -0.05) is 18.0 Å². The molecule has 1 aromatic heterocycles. The molecule has 0 saturated carbocycles. The lowest BCUT2D eigenvalue weighted by Crippen LogP contribution is -2.41. The standard InChI is InChI=1S/C20H25ClN2O3.ClH/c1-15-5-10-19(26-15)18(23-11-3-2-4-12-23)13-22-20(24)14-25-17-8-6-16(21)7-9-17;/h5-10,18H,2-4,11-14H2,1H3,(H,22,24);1H. The van der Waals surface area contributed by atoms with E-state index in [0.29, 0.717) is 17.3 Å². The minimum absolute atomic E-state index is 0. The van der Waals surface area contributed by atoms with Crippen LogP contribution in [0.25, 0.3) is 0 Å². The number of carbonyl (C=O) groups excluding carboxylic acids is 1. The molecule has 1 N–H and O–H groups in total. The zero-order valence-corrected chi connectivity index (χ0v) is 17.0. The Labute approximate surface area is 171 Å². The fourth-order valence-electron chi connectivity index (χ4n) is 3.21. The summed E-state index contributed by atoms with van der Waals surface area (Å²) in [5.74, 6) is 2.27. The number of aryl methyl sites for hydroxylation is 1. The maximum Gasteiger partial charge on any atom is 0.258 e. The van der Waals surface area contributed by atoms with Gasteiger partial charge in [-0.25, -0.2) is 0 Å². The highest BCUT2D eigenvalue weighted by molar-refractivity contribution is 6.30. The molecule has 0 radical (unpaired) electrons. The lowest BCUT2D eigenvalue weighted by molar-refractivity contribution is -0.123. The maximum atomic E-state index is 12.2. The number of piperidine rings is 1. The van der Waals surface area contributed by atoms with Crippen molar-refractivity contribution >= 4 is 29.9 Å². The number of nitrogens with zero attached hydrogens (tertiary/aromatic N) is 1. The Hall–Kier alpha value is -1.69. The topological polar surface area (TPSA) is 54.7 Å². The fraction of sp³-hybridized carbons (Fsp3) is 0.450. The minimum atomic E-state index is -0.148. The van der Waals surface area contributed by atoms with Crippen molar-refractivity contribution in [2.45, 2.75) is 32.2 Å². The van der Waals surface area contributed by atoms with Gasteiger partial charge in [-0.3, -0.25) is 9.69 Å². The zero-order valence-electron chi connectivity index (χ0n) is 15.4. The molecule has 0 aliphatic carbocycles. The van der Waals surface area contributed by atoms with Crippen LogP contribution in [-0.4, -0.2) is 37.0 Å². The lowest BCUT2D eigenvalue weighted by Gasteiger charge is -2.33. The summed E-state index contributed by atoms with van der Waals surface area (Å²) in [5, 5.41) is 3.62. The first-order chi connectivity index (χ1) is 12.6. The number of hydrogen-bond acceptors (Lipinski definition) is 4. The van der Waals surface area contributed by atoms with Crippen molar-refractivity contribution in [2.75, 3.05) is 26.2 Å². The van der Waals surface area contributed by atoms with Gasteiger partial charge in [-0.2, -0.15) is 0 Å². The number of rotatable bonds is 7. The van der Waals surface area contributed by atoms with E-state index in [9.17, 15) is 4.79 Å². The van der Waals surface area contributed by atoms with E-state index in [0.717, 1.165) is 24.6 Å². The average Bonchev–Trinajstić information content (AvgIpc) is 3.08. The smallest absolute Gasteiger partial charge is 0.258 e. The first-order valence-corrected chi connectivity index (χ1v) is 9.45. The van der Waals surface area contributed by atoms with Crippen molar-refractivity contribution in [3.63, 3.8) is 0 Å². The molecule has 0 spiro atoms. The summed E-state index contributed by atoms with van der Waals surface area (Å²) in [6.45, 7) is 4.49. The Morgan fingerprint density at radius 3 is 2.52 bits per heavy atom. The molecule has 2 heterocycles. The summed E-state index contributed by atoms with van der Waals surface area (Å²) < 4.78 is 11.3. The summed E-state index contributed by atoms with van der Waals surface area (Å²) in [5.41, 5.74) is 0. The summed E-state index contributed by atoms with van der Waals surface area (Å²) in [6.07, 6.45) is 3.63. The molecular weight excluding hydrogens is 387 g/mol. The maximum absolute atomic E-state index is 12.2. The molecule has 148 valence electrons. The van der Waals surface area contributed by atoms with E-state index in [1.807, 2.05) is 19.1 Å². The van der Waals surface area contributed by atoms with Crippen molar-refractivity contribution in [2.24, 2.45) is 0 Å². The molecule has 2 aromatic rings. The van der Waals surface area contributed by atoms with Crippen LogP contribution in [0.3, 0.4) is 0 Å². The third-order valence-corrected chi connectivity index (χ3v) is 4.85. The predicted molar refractivity (Wildman–Crippen MR) is 109 cm³/mol. The molecule has 1 aliphatic rings. The number of amides is 1. The van der Waals surface area contributed by atoms with Crippen LogP contribution >= 0.6 is 24.0 Å². The van der Waals surface area contributed by atoms with Gasteiger partial charge in [0.2, 0.25) is 0 Å². The van der Waals surface area contributed by atoms with Crippen LogP contribution in [0, 0.1) is 6.92 Å². The highest BCUT2D eigenvalue weighted by Crippen LogP contribution is 2.25. The molecular formula is C20H26Cl2N2O3. The van der Waals surface area contributed by atoms with Gasteiger partial charge in [0.25, 0.3) is 5.91 Å². The largest absolute Gasteiger partial charge is 0.484 e. The highest BCUT2D eigenvalue weighted by Gasteiger charge is 2.25. The molecule has 1 atom stereocenters. The summed E-state index contributed by atoms with van der Waals surface area (Å²) in [6, 6.07) is 11.0. The normalized spacial score (nSPS) is 15.6. The Bertz CT molecular complexity index is 712. The third kappa shape index (κ3) is 6.45. The van der Waals surface area contributed by atoms with Crippen LogP contribution in [0.5, 0.6) is 5.75 Å². The highest BCUT2D eigenvalue weighted by atomic mass is 35.5. The third-order valence-electron chi connectivity index (χ3n) is 4.60. The van der Waals surface area contributed by atoms with Crippen LogP contribution in [0.2, 0.25) is 5.02 Å². The number of carbonyl (C=O) groups is 1. The summed E-state index contributed by atoms with van der Waals surface area (Å²) >= 11 is 5.84. The molecule has 0 bridgehead atoms. The monoisotopic (exact) mass is 412 g/mol. The molecule has 1 aromatic carbocycles. The second-order valence-electron chi connectivity index (χ2n) is 6.61. The second kappa shape index (κ2) is 10.6. The Morgan fingerprint density at radius 2 is 1.89 bits per heavy atom. The number of likely N-dealkylation sites (tertiary alicyclic amines) is 1.